The van der Waals surface area contributed by atoms with Crippen LogP contribution in [0.2, 0.25) is 0 Å². The van der Waals surface area contributed by atoms with E-state index in [1.54, 1.807) is 65.9 Å². The number of nitriles is 1. The second-order valence-electron chi connectivity index (χ2n) is 18.1. The summed E-state index contributed by atoms with van der Waals surface area (Å²) in [5.41, 5.74) is 2.70. The Morgan fingerprint density at radius 3 is 1.62 bits per heavy atom. The van der Waals surface area contributed by atoms with Gasteiger partial charge in [-0.05, 0) is 61.9 Å². The van der Waals surface area contributed by atoms with Crippen molar-refractivity contribution in [2.24, 2.45) is 0 Å². The molecule has 0 bridgehead atoms. The SMILES string of the molecule is [2H]c1c([2H])c([2H])c(-c2cccc3c2sc2c3ccc3c4ccc5c6ccccc6sc5c4n(-c4c(C#N)c(-c5ccccc5)c([N+]#[C-])c(-n5c6c([2H])c([2H])c([2H])c7c8c([2H])c([2H])c([2H])c([2H])c8c8c([2H])c([2H])c([2H])c5c8c76)c4-c4ccccc4)c32)c([2H])c1[2H]. The van der Waals surface area contributed by atoms with Crippen molar-refractivity contribution in [3.63, 3.8) is 0 Å². The summed E-state index contributed by atoms with van der Waals surface area (Å²) in [6.45, 7) is 9.52. The first-order chi connectivity index (χ1) is 42.9. The van der Waals surface area contributed by atoms with Crippen LogP contribution in [0.1, 0.15) is 26.1 Å². The van der Waals surface area contributed by atoms with E-state index in [9.17, 15) is 22.8 Å². The molecule has 4 nitrogen and oxygen atoms in total. The summed E-state index contributed by atoms with van der Waals surface area (Å²) in [4.78, 5) is 4.38. The van der Waals surface area contributed by atoms with Crippen LogP contribution in [0.3, 0.4) is 0 Å². The molecule has 0 atom stereocenters. The van der Waals surface area contributed by atoms with E-state index in [4.69, 9.17) is 9.60 Å². The van der Waals surface area contributed by atoms with E-state index in [0.29, 0.717) is 42.5 Å². The summed E-state index contributed by atoms with van der Waals surface area (Å²) in [6, 6.07) is 33.9. The van der Waals surface area contributed by atoms with Gasteiger partial charge in [-0.15, -0.1) is 22.7 Å². The standard InChI is InChI=1S/C68H36N4S2/c1-70-61-57(40-20-7-3-8-21-40)53(38-69)62(58(41-22-9-4-10-23-41)65(61)71-54-31-16-28-46-43-24-11-12-25-44(43)47-29-17-32-55(71)60(47)59(46)54)72-63-48(34-36-51-45-26-13-14-33-56(45)73-67(51)63)49-35-37-52-50-30-15-27-42(39-18-5-2-6-19-39)66(50)74-68(52)64(49)72/h2-37H/i2D,5D,6D,11D,12D,16D,17D,18D,19D,24D,25D,28D,29D,31D,32D. The van der Waals surface area contributed by atoms with Crippen LogP contribution in [-0.4, -0.2) is 9.13 Å². The molecule has 0 saturated heterocycles. The first kappa shape index (κ1) is 29.1. The average molecular weight is 988 g/mol. The van der Waals surface area contributed by atoms with Crippen LogP contribution in [0.5, 0.6) is 0 Å². The second kappa shape index (κ2) is 15.5. The highest BCUT2D eigenvalue weighted by Gasteiger charge is 2.33. The molecule has 0 unspecified atom stereocenters. The number of aromatic nitrogens is 2. The Morgan fingerprint density at radius 2 is 0.973 bits per heavy atom. The summed E-state index contributed by atoms with van der Waals surface area (Å²) < 4.78 is 146. The minimum absolute atomic E-state index is 0.00777. The maximum Gasteiger partial charge on any atom is 0.220 e. The Morgan fingerprint density at radius 1 is 0.432 bits per heavy atom. The number of fused-ring (bicyclic) bond motifs is 14. The molecule has 74 heavy (non-hydrogen) atoms. The first-order valence-corrected chi connectivity index (χ1v) is 25.2. The molecule has 0 radical (unpaired) electrons. The number of hydrogen-bond donors (Lipinski definition) is 0. The maximum atomic E-state index is 12.4. The molecule has 12 aromatic carbocycles. The van der Waals surface area contributed by atoms with Gasteiger partial charge in [0.25, 0.3) is 0 Å². The Bertz CT molecular complexity index is 5930. The molecule has 0 aliphatic heterocycles. The van der Waals surface area contributed by atoms with Crippen LogP contribution in [-0.2, 0) is 0 Å². The molecule has 0 saturated carbocycles. The van der Waals surface area contributed by atoms with Gasteiger partial charge in [0.1, 0.15) is 6.07 Å². The van der Waals surface area contributed by atoms with Crippen molar-refractivity contribution in [2.75, 3.05) is 0 Å². The molecule has 4 aromatic heterocycles. The van der Waals surface area contributed by atoms with E-state index in [0.717, 1.165) is 36.3 Å². The highest BCUT2D eigenvalue weighted by molar-refractivity contribution is 7.27. The summed E-state index contributed by atoms with van der Waals surface area (Å²) in [7, 11) is 0. The molecular weight excluding hydrogens is 937 g/mol. The summed E-state index contributed by atoms with van der Waals surface area (Å²) in [6.07, 6.45) is 0. The molecular formula is C68H36N4S2. The second-order valence-corrected chi connectivity index (χ2v) is 20.1. The van der Waals surface area contributed by atoms with Gasteiger partial charge in [-0.2, -0.15) is 5.26 Å². The molecule has 0 amide bonds. The van der Waals surface area contributed by atoms with Crippen LogP contribution in [0.15, 0.2) is 218 Å². The Kier molecular flexibility index (Phi) is 6.08. The lowest BCUT2D eigenvalue weighted by Gasteiger charge is -2.26. The van der Waals surface area contributed by atoms with Crippen LogP contribution in [0.4, 0.5) is 5.69 Å². The predicted molar refractivity (Wildman–Crippen MR) is 314 cm³/mol. The van der Waals surface area contributed by atoms with E-state index in [2.05, 4.69) is 21.5 Å². The van der Waals surface area contributed by atoms with Gasteiger partial charge in [-0.25, -0.2) is 4.85 Å². The van der Waals surface area contributed by atoms with E-state index in [1.165, 1.54) is 15.9 Å². The van der Waals surface area contributed by atoms with Gasteiger partial charge in [0.2, 0.25) is 5.69 Å². The monoisotopic (exact) mass is 987 g/mol. The number of nitrogens with zero attached hydrogens (tertiary/aromatic N) is 4. The van der Waals surface area contributed by atoms with Crippen LogP contribution < -0.4 is 0 Å². The van der Waals surface area contributed by atoms with Crippen molar-refractivity contribution in [3.05, 3.63) is 235 Å². The Balaban J connectivity index is 1.22. The van der Waals surface area contributed by atoms with Crippen LogP contribution in [0, 0.1) is 17.9 Å². The number of rotatable bonds is 5. The van der Waals surface area contributed by atoms with E-state index < -0.39 is 78.6 Å². The van der Waals surface area contributed by atoms with Crippen molar-refractivity contribution < 1.29 is 20.6 Å². The molecule has 16 aromatic rings. The lowest BCUT2D eigenvalue weighted by molar-refractivity contribution is 1.14. The zero-order valence-electron chi connectivity index (χ0n) is 53.2. The largest absolute Gasteiger partial charge is 0.318 e. The predicted octanol–water partition coefficient (Wildman–Crippen LogP) is 19.8. The zero-order chi connectivity index (χ0) is 61.8. The van der Waals surface area contributed by atoms with Gasteiger partial charge < -0.3 is 9.13 Å². The first-order valence-electron chi connectivity index (χ1n) is 31.0. The number of thiophene rings is 2. The number of hydrogen-bond acceptors (Lipinski definition) is 3. The van der Waals surface area contributed by atoms with E-state index in [-0.39, 0.29) is 94.8 Å². The van der Waals surface area contributed by atoms with Gasteiger partial charge >= 0.3 is 0 Å². The maximum absolute atomic E-state index is 12.4. The van der Waals surface area contributed by atoms with E-state index >= 15 is 0 Å². The molecule has 0 N–H and O–H groups in total. The third kappa shape index (κ3) is 5.43. The van der Waals surface area contributed by atoms with Gasteiger partial charge in [0, 0.05) is 63.6 Å². The summed E-state index contributed by atoms with van der Waals surface area (Å²) in [5.74, 6) is 0. The topological polar surface area (TPSA) is 38.0 Å². The average Bonchev–Trinajstić information content (AvgIpc) is 1.55. The normalized spacial score (nSPS) is 14.9. The fourth-order valence-electron chi connectivity index (χ4n) is 11.6. The Hall–Kier alpha value is -9.56. The summed E-state index contributed by atoms with van der Waals surface area (Å²) >= 11 is 2.90. The molecule has 0 aliphatic rings. The van der Waals surface area contributed by atoms with Crippen molar-refractivity contribution in [3.8, 4) is 50.8 Å². The van der Waals surface area contributed by atoms with Gasteiger partial charge in [0.15, 0.2) is 0 Å². The van der Waals surface area contributed by atoms with E-state index in [1.807, 2.05) is 66.7 Å². The number of benzene rings is 12. The smallest absolute Gasteiger partial charge is 0.220 e. The fraction of sp³-hybridized carbons (Fsp3) is 0. The molecule has 0 fully saturated rings. The highest BCUT2D eigenvalue weighted by atomic mass is 32.1. The van der Waals surface area contributed by atoms with Gasteiger partial charge in [0.05, 0.1) is 75.5 Å². The molecule has 16 rings (SSSR count). The van der Waals surface area contributed by atoms with Crippen molar-refractivity contribution in [2.45, 2.75) is 0 Å². The molecule has 340 valence electrons. The summed E-state index contributed by atoms with van der Waals surface area (Å²) in [5, 5.41) is 16.5. The molecule has 0 aliphatic carbocycles. The quantitative estimate of drug-likeness (QED) is 0.125. The fourth-order valence-corrected chi connectivity index (χ4v) is 14.2. The van der Waals surface area contributed by atoms with Gasteiger partial charge in [-0.3, -0.25) is 0 Å². The lowest BCUT2D eigenvalue weighted by atomic mass is 9.88. The van der Waals surface area contributed by atoms with Crippen molar-refractivity contribution in [1.82, 2.24) is 9.13 Å². The molecule has 6 heteroatoms. The third-order valence-corrected chi connectivity index (χ3v) is 16.9. The van der Waals surface area contributed by atoms with Crippen molar-refractivity contribution in [1.29, 1.82) is 5.26 Å². The highest BCUT2D eigenvalue weighted by Crippen LogP contribution is 2.56. The molecule has 4 heterocycles. The minimum atomic E-state index is -0.653. The van der Waals surface area contributed by atoms with Crippen LogP contribution in [0.25, 0.3) is 155 Å². The zero-order valence-corrected chi connectivity index (χ0v) is 39.9. The van der Waals surface area contributed by atoms with Crippen LogP contribution >= 0.6 is 22.7 Å². The minimum Gasteiger partial charge on any atom is -0.318 e. The lowest BCUT2D eigenvalue weighted by Crippen LogP contribution is -2.09. The van der Waals surface area contributed by atoms with Gasteiger partial charge in [-0.1, -0.05) is 200 Å². The van der Waals surface area contributed by atoms with Crippen molar-refractivity contribution >= 4 is 134 Å². The Labute approximate surface area is 452 Å². The molecule has 0 spiro atoms. The third-order valence-electron chi connectivity index (χ3n) is 14.5.